The molecule has 0 aliphatic heterocycles. The second-order valence-electron chi connectivity index (χ2n) is 4.79. The first-order chi connectivity index (χ1) is 8.66. The zero-order valence-electron chi connectivity index (χ0n) is 10.2. The lowest BCUT2D eigenvalue weighted by atomic mass is 10.1. The fourth-order valence-corrected chi connectivity index (χ4v) is 2.76. The molecule has 2 rings (SSSR count). The Morgan fingerprint density at radius 3 is 2.50 bits per heavy atom. The molecule has 1 amide bonds. The van der Waals surface area contributed by atoms with Gasteiger partial charge in [0, 0.05) is 16.1 Å². The van der Waals surface area contributed by atoms with Crippen molar-refractivity contribution in [2.24, 2.45) is 0 Å². The monoisotopic (exact) mass is 329 g/mol. The predicted octanol–water partition coefficient (Wildman–Crippen LogP) is 4.56. The lowest BCUT2D eigenvalue weighted by molar-refractivity contribution is 0.0933. The van der Waals surface area contributed by atoms with E-state index >= 15 is 0 Å². The molecule has 1 aliphatic carbocycles. The maximum Gasteiger partial charge on any atom is 0.251 e. The van der Waals surface area contributed by atoms with Crippen molar-refractivity contribution in [1.29, 1.82) is 0 Å². The van der Waals surface area contributed by atoms with Crippen LogP contribution in [0.15, 0.2) is 22.7 Å². The van der Waals surface area contributed by atoms with Crippen LogP contribution in [0.1, 0.15) is 48.9 Å². The third-order valence-corrected chi connectivity index (χ3v) is 4.60. The molecule has 4 heteroatoms. The lowest BCUT2D eigenvalue weighted by Gasteiger charge is -2.16. The van der Waals surface area contributed by atoms with Gasteiger partial charge in [-0.25, -0.2) is 0 Å². The summed E-state index contributed by atoms with van der Waals surface area (Å²) in [5.41, 5.74) is 0.632. The van der Waals surface area contributed by atoms with Gasteiger partial charge in [0.1, 0.15) is 0 Å². The molecule has 0 saturated heterocycles. The molecule has 0 aromatic heterocycles. The summed E-state index contributed by atoms with van der Waals surface area (Å²) in [6.45, 7) is 0. The van der Waals surface area contributed by atoms with Crippen LogP contribution in [0, 0.1) is 0 Å². The lowest BCUT2D eigenvalue weighted by Crippen LogP contribution is -2.34. The van der Waals surface area contributed by atoms with Crippen molar-refractivity contribution in [3.63, 3.8) is 0 Å². The third kappa shape index (κ3) is 3.72. The molecule has 0 heterocycles. The molecule has 18 heavy (non-hydrogen) atoms. The molecule has 1 aromatic carbocycles. The normalized spacial score (nSPS) is 17.2. The van der Waals surface area contributed by atoms with Gasteiger partial charge in [0.25, 0.3) is 5.91 Å². The Hall–Kier alpha value is -0.540. The van der Waals surface area contributed by atoms with Gasteiger partial charge in [0.05, 0.1) is 5.02 Å². The smallest absolute Gasteiger partial charge is 0.251 e. The standard InChI is InChI=1S/C14H17BrClNO/c15-12-8-7-10(9-13(12)16)14(18)17-11-5-3-1-2-4-6-11/h7-9,11H,1-6H2,(H,17,18). The molecule has 1 saturated carbocycles. The quantitative estimate of drug-likeness (QED) is 0.792. The minimum absolute atomic E-state index is 0.0173. The molecule has 0 unspecified atom stereocenters. The van der Waals surface area contributed by atoms with Gasteiger partial charge in [-0.05, 0) is 47.0 Å². The summed E-state index contributed by atoms with van der Waals surface area (Å²) in [6, 6.07) is 5.63. The van der Waals surface area contributed by atoms with Crippen LogP contribution in [0.4, 0.5) is 0 Å². The Labute approximate surface area is 121 Å². The summed E-state index contributed by atoms with van der Waals surface area (Å²) in [5.74, 6) is -0.0173. The highest BCUT2D eigenvalue weighted by molar-refractivity contribution is 9.10. The average Bonchev–Trinajstić information content (AvgIpc) is 2.61. The molecule has 1 aliphatic rings. The van der Waals surface area contributed by atoms with Crippen molar-refractivity contribution < 1.29 is 4.79 Å². The first kappa shape index (κ1) is 13.9. The highest BCUT2D eigenvalue weighted by Crippen LogP contribution is 2.23. The highest BCUT2D eigenvalue weighted by atomic mass is 79.9. The number of carbonyl (C=O) groups excluding carboxylic acids is 1. The molecule has 0 radical (unpaired) electrons. The van der Waals surface area contributed by atoms with E-state index < -0.39 is 0 Å². The minimum Gasteiger partial charge on any atom is -0.349 e. The molecule has 1 N–H and O–H groups in total. The number of halogens is 2. The Bertz CT molecular complexity index is 428. The van der Waals surface area contributed by atoms with E-state index in [-0.39, 0.29) is 5.91 Å². The van der Waals surface area contributed by atoms with E-state index in [0.717, 1.165) is 17.3 Å². The molecule has 0 bridgehead atoms. The van der Waals surface area contributed by atoms with Gasteiger partial charge in [0.2, 0.25) is 0 Å². The maximum absolute atomic E-state index is 12.1. The van der Waals surface area contributed by atoms with Crippen molar-refractivity contribution in [1.82, 2.24) is 5.32 Å². The van der Waals surface area contributed by atoms with E-state index in [4.69, 9.17) is 11.6 Å². The van der Waals surface area contributed by atoms with Crippen LogP contribution in [-0.4, -0.2) is 11.9 Å². The number of nitrogens with one attached hydrogen (secondary N) is 1. The van der Waals surface area contributed by atoms with Gasteiger partial charge in [-0.2, -0.15) is 0 Å². The van der Waals surface area contributed by atoms with E-state index in [2.05, 4.69) is 21.2 Å². The van der Waals surface area contributed by atoms with E-state index in [1.54, 1.807) is 12.1 Å². The number of benzene rings is 1. The second kappa shape index (κ2) is 6.58. The van der Waals surface area contributed by atoms with E-state index in [0.29, 0.717) is 16.6 Å². The summed E-state index contributed by atoms with van der Waals surface area (Å²) < 4.78 is 0.815. The number of rotatable bonds is 2. The molecule has 1 aromatic rings. The van der Waals surface area contributed by atoms with Crippen LogP contribution in [-0.2, 0) is 0 Å². The summed E-state index contributed by atoms with van der Waals surface area (Å²) >= 11 is 9.32. The largest absolute Gasteiger partial charge is 0.349 e. The highest BCUT2D eigenvalue weighted by Gasteiger charge is 2.16. The van der Waals surface area contributed by atoms with Gasteiger partial charge < -0.3 is 5.32 Å². The Balaban J connectivity index is 1.99. The fourth-order valence-electron chi connectivity index (χ4n) is 2.33. The summed E-state index contributed by atoms with van der Waals surface area (Å²) in [7, 11) is 0. The summed E-state index contributed by atoms with van der Waals surface area (Å²) in [6.07, 6.45) is 7.19. The van der Waals surface area contributed by atoms with Crippen molar-refractivity contribution in [3.8, 4) is 0 Å². The zero-order chi connectivity index (χ0) is 13.0. The van der Waals surface area contributed by atoms with Gasteiger partial charge >= 0.3 is 0 Å². The van der Waals surface area contributed by atoms with Crippen LogP contribution >= 0.6 is 27.5 Å². The topological polar surface area (TPSA) is 29.1 Å². The van der Waals surface area contributed by atoms with Crippen molar-refractivity contribution >= 4 is 33.4 Å². The molecule has 2 nitrogen and oxygen atoms in total. The average molecular weight is 331 g/mol. The zero-order valence-corrected chi connectivity index (χ0v) is 12.6. The molecule has 1 fully saturated rings. The Kier molecular flexibility index (Phi) is 5.07. The van der Waals surface area contributed by atoms with E-state index in [1.165, 1.54) is 25.7 Å². The summed E-state index contributed by atoms with van der Waals surface area (Å²) in [4.78, 5) is 12.1. The Morgan fingerprint density at radius 1 is 1.22 bits per heavy atom. The molecular weight excluding hydrogens is 314 g/mol. The second-order valence-corrected chi connectivity index (χ2v) is 6.05. The SMILES string of the molecule is O=C(NC1CCCCCC1)c1ccc(Br)c(Cl)c1. The van der Waals surface area contributed by atoms with Crippen LogP contribution in [0.25, 0.3) is 0 Å². The fraction of sp³-hybridized carbons (Fsp3) is 0.500. The van der Waals surface area contributed by atoms with Gasteiger partial charge in [0.15, 0.2) is 0 Å². The van der Waals surface area contributed by atoms with Gasteiger partial charge in [-0.15, -0.1) is 0 Å². The molecule has 0 spiro atoms. The molecular formula is C14H17BrClNO. The van der Waals surface area contributed by atoms with Crippen molar-refractivity contribution in [2.75, 3.05) is 0 Å². The van der Waals surface area contributed by atoms with Crippen molar-refractivity contribution in [2.45, 2.75) is 44.6 Å². The molecule has 0 atom stereocenters. The van der Waals surface area contributed by atoms with Crippen LogP contribution < -0.4 is 5.32 Å². The molecule has 98 valence electrons. The van der Waals surface area contributed by atoms with Gasteiger partial charge in [-0.1, -0.05) is 37.3 Å². The number of carbonyl (C=O) groups is 1. The Morgan fingerprint density at radius 2 is 1.89 bits per heavy atom. The maximum atomic E-state index is 12.1. The third-order valence-electron chi connectivity index (χ3n) is 3.37. The van der Waals surface area contributed by atoms with E-state index in [1.807, 2.05) is 6.07 Å². The number of amides is 1. The van der Waals surface area contributed by atoms with Crippen LogP contribution in [0.2, 0.25) is 5.02 Å². The number of hydrogen-bond donors (Lipinski definition) is 1. The van der Waals surface area contributed by atoms with Crippen LogP contribution in [0.5, 0.6) is 0 Å². The predicted molar refractivity (Wildman–Crippen MR) is 78.1 cm³/mol. The first-order valence-corrected chi connectivity index (χ1v) is 7.60. The minimum atomic E-state index is -0.0173. The van der Waals surface area contributed by atoms with E-state index in [9.17, 15) is 4.79 Å². The van der Waals surface area contributed by atoms with Crippen molar-refractivity contribution in [3.05, 3.63) is 33.3 Å². The van der Waals surface area contributed by atoms with Gasteiger partial charge in [-0.3, -0.25) is 4.79 Å². The summed E-state index contributed by atoms with van der Waals surface area (Å²) in [5, 5.41) is 3.68. The first-order valence-electron chi connectivity index (χ1n) is 6.43. The number of hydrogen-bond acceptors (Lipinski definition) is 1. The van der Waals surface area contributed by atoms with Crippen LogP contribution in [0.3, 0.4) is 0 Å².